The molecule has 0 saturated heterocycles. The second-order valence-electron chi connectivity index (χ2n) is 3.16. The molecule has 1 unspecified atom stereocenters. The van der Waals surface area contributed by atoms with E-state index in [1.54, 1.807) is 0 Å². The average Bonchev–Trinajstić information content (AvgIpc) is 2.16. The Kier molecular flexibility index (Phi) is 7.06. The molecule has 1 atom stereocenters. The van der Waals surface area contributed by atoms with Gasteiger partial charge in [0.2, 0.25) is 0 Å². The molecule has 0 heterocycles. The SMILES string of the molecule is C=C(OCCCCC(O)CO)C(C)=O. The Balaban J connectivity index is 3.30. The Bertz CT molecular complexity index is 189. The van der Waals surface area contributed by atoms with Crippen molar-refractivity contribution in [3.8, 4) is 0 Å². The summed E-state index contributed by atoms with van der Waals surface area (Å²) < 4.78 is 5.03. The summed E-state index contributed by atoms with van der Waals surface area (Å²) in [5.74, 6) is 0.00750. The van der Waals surface area contributed by atoms with E-state index >= 15 is 0 Å². The smallest absolute Gasteiger partial charge is 0.193 e. The van der Waals surface area contributed by atoms with E-state index in [9.17, 15) is 4.79 Å². The van der Waals surface area contributed by atoms with Gasteiger partial charge in [0, 0.05) is 6.92 Å². The highest BCUT2D eigenvalue weighted by Crippen LogP contribution is 2.03. The number of hydrogen-bond acceptors (Lipinski definition) is 4. The molecule has 0 amide bonds. The van der Waals surface area contributed by atoms with Crippen molar-refractivity contribution in [2.24, 2.45) is 0 Å². The van der Waals surface area contributed by atoms with Crippen LogP contribution < -0.4 is 0 Å². The quantitative estimate of drug-likeness (QED) is 0.344. The van der Waals surface area contributed by atoms with Gasteiger partial charge in [0.15, 0.2) is 11.5 Å². The maximum absolute atomic E-state index is 10.7. The van der Waals surface area contributed by atoms with E-state index in [1.807, 2.05) is 0 Å². The summed E-state index contributed by atoms with van der Waals surface area (Å²) in [6.45, 7) is 5.06. The molecule has 4 nitrogen and oxygen atoms in total. The zero-order valence-corrected chi connectivity index (χ0v) is 8.53. The summed E-state index contributed by atoms with van der Waals surface area (Å²) in [6.07, 6.45) is 1.40. The van der Waals surface area contributed by atoms with E-state index in [0.717, 1.165) is 12.8 Å². The van der Waals surface area contributed by atoms with Gasteiger partial charge in [-0.3, -0.25) is 4.79 Å². The van der Waals surface area contributed by atoms with Crippen molar-refractivity contribution in [3.63, 3.8) is 0 Å². The van der Waals surface area contributed by atoms with Crippen LogP contribution in [0.4, 0.5) is 0 Å². The minimum absolute atomic E-state index is 0.166. The van der Waals surface area contributed by atoms with Crippen LogP contribution in [0.2, 0.25) is 0 Å². The molecule has 0 aromatic rings. The van der Waals surface area contributed by atoms with E-state index in [-0.39, 0.29) is 18.1 Å². The zero-order chi connectivity index (χ0) is 11.0. The first-order chi connectivity index (χ1) is 6.57. The van der Waals surface area contributed by atoms with E-state index < -0.39 is 6.10 Å². The van der Waals surface area contributed by atoms with Crippen molar-refractivity contribution in [1.29, 1.82) is 0 Å². The zero-order valence-electron chi connectivity index (χ0n) is 8.53. The van der Waals surface area contributed by atoms with Crippen LogP contribution in [0.15, 0.2) is 12.3 Å². The summed E-state index contributed by atoms with van der Waals surface area (Å²) >= 11 is 0. The molecule has 0 aliphatic rings. The molecule has 0 saturated carbocycles. The molecular formula is C10H18O4. The van der Waals surface area contributed by atoms with Gasteiger partial charge >= 0.3 is 0 Å². The number of allylic oxidation sites excluding steroid dienone is 1. The van der Waals surface area contributed by atoms with Gasteiger partial charge < -0.3 is 14.9 Å². The Morgan fingerprint density at radius 2 is 2.14 bits per heavy atom. The predicted molar refractivity (Wildman–Crippen MR) is 52.7 cm³/mol. The van der Waals surface area contributed by atoms with Gasteiger partial charge in [-0.2, -0.15) is 0 Å². The summed E-state index contributed by atoms with van der Waals surface area (Å²) in [5, 5.41) is 17.5. The highest BCUT2D eigenvalue weighted by atomic mass is 16.5. The summed E-state index contributed by atoms with van der Waals surface area (Å²) in [5.41, 5.74) is 0. The number of ether oxygens (including phenoxy) is 1. The van der Waals surface area contributed by atoms with Crippen molar-refractivity contribution in [3.05, 3.63) is 12.3 Å². The molecular weight excluding hydrogens is 184 g/mol. The minimum atomic E-state index is -0.647. The number of carbonyl (C=O) groups is 1. The van der Waals surface area contributed by atoms with E-state index in [1.165, 1.54) is 6.92 Å². The highest BCUT2D eigenvalue weighted by molar-refractivity contribution is 5.90. The van der Waals surface area contributed by atoms with Gasteiger partial charge in [0.25, 0.3) is 0 Å². The van der Waals surface area contributed by atoms with Gasteiger partial charge in [-0.25, -0.2) is 0 Å². The van der Waals surface area contributed by atoms with Crippen LogP contribution in [0.1, 0.15) is 26.2 Å². The summed E-state index contributed by atoms with van der Waals surface area (Å²) in [6, 6.07) is 0. The Morgan fingerprint density at radius 3 is 2.64 bits per heavy atom. The van der Waals surface area contributed by atoms with E-state index in [0.29, 0.717) is 13.0 Å². The van der Waals surface area contributed by atoms with Crippen molar-refractivity contribution in [2.45, 2.75) is 32.3 Å². The fourth-order valence-electron chi connectivity index (χ4n) is 0.870. The molecule has 0 aromatic carbocycles. The molecule has 2 N–H and O–H groups in total. The molecule has 0 fully saturated rings. The number of ketones is 1. The lowest BCUT2D eigenvalue weighted by atomic mass is 10.2. The third-order valence-corrected chi connectivity index (χ3v) is 1.81. The van der Waals surface area contributed by atoms with Crippen LogP contribution in [0.5, 0.6) is 0 Å². The van der Waals surface area contributed by atoms with Gasteiger partial charge in [-0.1, -0.05) is 6.58 Å². The fraction of sp³-hybridized carbons (Fsp3) is 0.700. The normalized spacial score (nSPS) is 12.2. The standard InChI is InChI=1S/C10H18O4/c1-8(12)9(2)14-6-4-3-5-10(13)7-11/h10-11,13H,2-7H2,1H3. The third-order valence-electron chi connectivity index (χ3n) is 1.81. The number of carbonyl (C=O) groups excluding carboxylic acids is 1. The number of aliphatic hydroxyl groups excluding tert-OH is 2. The van der Waals surface area contributed by atoms with Crippen molar-refractivity contribution >= 4 is 5.78 Å². The number of hydrogen-bond donors (Lipinski definition) is 2. The van der Waals surface area contributed by atoms with Crippen LogP contribution in [0, 0.1) is 0 Å². The Hall–Kier alpha value is -0.870. The van der Waals surface area contributed by atoms with Gasteiger partial charge in [0.05, 0.1) is 19.3 Å². The van der Waals surface area contributed by atoms with Crippen LogP contribution in [0.3, 0.4) is 0 Å². The first kappa shape index (κ1) is 13.1. The van der Waals surface area contributed by atoms with Gasteiger partial charge in [0.1, 0.15) is 0 Å². The van der Waals surface area contributed by atoms with Crippen LogP contribution >= 0.6 is 0 Å². The minimum Gasteiger partial charge on any atom is -0.491 e. The molecule has 0 radical (unpaired) electrons. The van der Waals surface area contributed by atoms with Gasteiger partial charge in [-0.05, 0) is 19.3 Å². The van der Waals surface area contributed by atoms with E-state index in [4.69, 9.17) is 14.9 Å². The average molecular weight is 202 g/mol. The first-order valence-corrected chi connectivity index (χ1v) is 4.69. The Morgan fingerprint density at radius 1 is 1.50 bits per heavy atom. The lowest BCUT2D eigenvalue weighted by Crippen LogP contribution is -2.11. The lowest BCUT2D eigenvalue weighted by molar-refractivity contribution is -0.116. The van der Waals surface area contributed by atoms with Crippen molar-refractivity contribution in [1.82, 2.24) is 0 Å². The topological polar surface area (TPSA) is 66.8 Å². The molecule has 0 aromatic heterocycles. The number of Topliss-reactive ketones (excluding diaryl/α,β-unsaturated/α-hetero) is 1. The van der Waals surface area contributed by atoms with E-state index in [2.05, 4.69) is 6.58 Å². The van der Waals surface area contributed by atoms with Crippen molar-refractivity contribution < 1.29 is 19.7 Å². The maximum Gasteiger partial charge on any atom is 0.193 e. The molecule has 0 aliphatic carbocycles. The molecule has 0 spiro atoms. The monoisotopic (exact) mass is 202 g/mol. The summed E-state index contributed by atoms with van der Waals surface area (Å²) in [4.78, 5) is 10.7. The fourth-order valence-corrected chi connectivity index (χ4v) is 0.870. The van der Waals surface area contributed by atoms with Crippen molar-refractivity contribution in [2.75, 3.05) is 13.2 Å². The van der Waals surface area contributed by atoms with Crippen LogP contribution in [-0.2, 0) is 9.53 Å². The number of unbranched alkanes of at least 4 members (excludes halogenated alkanes) is 1. The third kappa shape index (κ3) is 6.62. The predicted octanol–water partition coefficient (Wildman–Crippen LogP) is 0.629. The highest BCUT2D eigenvalue weighted by Gasteiger charge is 2.02. The Labute approximate surface area is 84.2 Å². The number of aliphatic hydroxyl groups is 2. The second-order valence-corrected chi connectivity index (χ2v) is 3.16. The molecule has 0 bridgehead atoms. The van der Waals surface area contributed by atoms with Crippen LogP contribution in [-0.4, -0.2) is 35.3 Å². The largest absolute Gasteiger partial charge is 0.491 e. The lowest BCUT2D eigenvalue weighted by Gasteiger charge is -2.08. The van der Waals surface area contributed by atoms with Gasteiger partial charge in [-0.15, -0.1) is 0 Å². The molecule has 4 heteroatoms. The molecule has 0 aliphatic heterocycles. The first-order valence-electron chi connectivity index (χ1n) is 4.69. The maximum atomic E-state index is 10.7. The molecule has 14 heavy (non-hydrogen) atoms. The summed E-state index contributed by atoms with van der Waals surface area (Å²) in [7, 11) is 0. The second kappa shape index (κ2) is 7.53. The molecule has 0 rings (SSSR count). The number of rotatable bonds is 8. The molecule has 82 valence electrons. The van der Waals surface area contributed by atoms with Crippen LogP contribution in [0.25, 0.3) is 0 Å².